The van der Waals surface area contributed by atoms with Crippen LogP contribution in [-0.4, -0.2) is 17.6 Å². The highest BCUT2D eigenvalue weighted by Crippen LogP contribution is 2.43. The van der Waals surface area contributed by atoms with E-state index in [0.29, 0.717) is 13.0 Å². The van der Waals surface area contributed by atoms with Crippen LogP contribution in [0, 0.1) is 0 Å². The fraction of sp³-hybridized carbons (Fsp3) is 0.350. The van der Waals surface area contributed by atoms with Gasteiger partial charge in [0.05, 0.1) is 17.8 Å². The maximum Gasteiger partial charge on any atom is 0.305 e. The third-order valence-electron chi connectivity index (χ3n) is 4.68. The fourth-order valence-corrected chi connectivity index (χ4v) is 4.53. The lowest BCUT2D eigenvalue weighted by molar-refractivity contribution is -0.247. The topological polar surface area (TPSA) is 51.3 Å². The first-order valence-electron chi connectivity index (χ1n) is 8.66. The standard InChI is InChI=1S/C20H21NO3S/c1-3-10-20(24-13(2)22)19-15(9-11-23-20)14-6-4-7-16(18(14)21-19)17-8-5-12-25-17/h4-8,12,21H,3,9-11H2,1-2H3. The lowest BCUT2D eigenvalue weighted by Crippen LogP contribution is -2.39. The lowest BCUT2D eigenvalue weighted by Gasteiger charge is -2.36. The zero-order chi connectivity index (χ0) is 17.4. The van der Waals surface area contributed by atoms with Crippen molar-refractivity contribution in [3.63, 3.8) is 0 Å². The van der Waals surface area contributed by atoms with E-state index >= 15 is 0 Å². The van der Waals surface area contributed by atoms with Crippen molar-refractivity contribution in [3.8, 4) is 10.4 Å². The molecule has 3 aromatic rings. The van der Waals surface area contributed by atoms with Crippen LogP contribution in [0.25, 0.3) is 21.3 Å². The predicted molar refractivity (Wildman–Crippen MR) is 99.6 cm³/mol. The molecule has 1 N–H and O–H groups in total. The molecule has 2 aromatic heterocycles. The molecular weight excluding hydrogens is 334 g/mol. The average molecular weight is 355 g/mol. The molecule has 1 atom stereocenters. The summed E-state index contributed by atoms with van der Waals surface area (Å²) < 4.78 is 11.7. The zero-order valence-corrected chi connectivity index (χ0v) is 15.2. The summed E-state index contributed by atoms with van der Waals surface area (Å²) in [5.74, 6) is -1.32. The summed E-state index contributed by atoms with van der Waals surface area (Å²) in [4.78, 5) is 16.5. The molecule has 130 valence electrons. The van der Waals surface area contributed by atoms with Crippen LogP contribution in [0.5, 0.6) is 0 Å². The normalized spacial score (nSPS) is 19.8. The third kappa shape index (κ3) is 2.68. The van der Waals surface area contributed by atoms with Crippen LogP contribution in [0.3, 0.4) is 0 Å². The molecule has 5 heteroatoms. The molecule has 4 nitrogen and oxygen atoms in total. The number of H-pyrrole nitrogens is 1. The van der Waals surface area contributed by atoms with Crippen molar-refractivity contribution in [2.45, 2.75) is 38.9 Å². The quantitative estimate of drug-likeness (QED) is 0.671. The number of hydrogen-bond donors (Lipinski definition) is 1. The van der Waals surface area contributed by atoms with Gasteiger partial charge in [0.2, 0.25) is 0 Å². The Kier molecular flexibility index (Phi) is 4.13. The van der Waals surface area contributed by atoms with E-state index in [1.807, 2.05) is 0 Å². The highest BCUT2D eigenvalue weighted by molar-refractivity contribution is 7.13. The molecule has 0 saturated heterocycles. The van der Waals surface area contributed by atoms with Crippen LogP contribution in [0.4, 0.5) is 0 Å². The van der Waals surface area contributed by atoms with Crippen LogP contribution < -0.4 is 0 Å². The highest BCUT2D eigenvalue weighted by atomic mass is 32.1. The van der Waals surface area contributed by atoms with E-state index in [2.05, 4.69) is 47.6 Å². The minimum absolute atomic E-state index is 0.321. The Balaban J connectivity index is 1.95. The van der Waals surface area contributed by atoms with E-state index in [9.17, 15) is 4.79 Å². The molecule has 1 aliphatic rings. The number of nitrogens with one attached hydrogen (secondary N) is 1. The van der Waals surface area contributed by atoms with Crippen LogP contribution in [0.1, 0.15) is 37.9 Å². The predicted octanol–water partition coefficient (Wildman–Crippen LogP) is 4.99. The first-order valence-corrected chi connectivity index (χ1v) is 9.54. The number of thiophene rings is 1. The molecule has 0 bridgehead atoms. The second kappa shape index (κ2) is 6.32. The van der Waals surface area contributed by atoms with Gasteiger partial charge >= 0.3 is 5.97 Å². The largest absolute Gasteiger partial charge is 0.427 e. The van der Waals surface area contributed by atoms with Gasteiger partial charge in [-0.05, 0) is 29.9 Å². The van der Waals surface area contributed by atoms with Crippen molar-refractivity contribution >= 4 is 28.2 Å². The molecule has 3 heterocycles. The van der Waals surface area contributed by atoms with E-state index in [-0.39, 0.29) is 5.97 Å². The van der Waals surface area contributed by atoms with Crippen LogP contribution >= 0.6 is 11.3 Å². The summed E-state index contributed by atoms with van der Waals surface area (Å²) in [5, 5.41) is 3.28. The van der Waals surface area contributed by atoms with E-state index < -0.39 is 5.79 Å². The van der Waals surface area contributed by atoms with Crippen molar-refractivity contribution in [2.75, 3.05) is 6.61 Å². The van der Waals surface area contributed by atoms with Gasteiger partial charge in [-0.15, -0.1) is 11.3 Å². The summed E-state index contributed by atoms with van der Waals surface area (Å²) in [6.07, 6.45) is 2.32. The fourth-order valence-electron chi connectivity index (χ4n) is 3.78. The molecule has 0 fully saturated rings. The zero-order valence-electron chi connectivity index (χ0n) is 14.4. The van der Waals surface area contributed by atoms with Gasteiger partial charge in [-0.25, -0.2) is 0 Å². The van der Waals surface area contributed by atoms with E-state index in [1.54, 1.807) is 11.3 Å². The Labute approximate surface area is 150 Å². The highest BCUT2D eigenvalue weighted by Gasteiger charge is 2.43. The summed E-state index contributed by atoms with van der Waals surface area (Å²) in [5.41, 5.74) is 4.37. The minimum Gasteiger partial charge on any atom is -0.427 e. The molecule has 1 unspecified atom stereocenters. The Morgan fingerprint density at radius 1 is 1.36 bits per heavy atom. The third-order valence-corrected chi connectivity index (χ3v) is 5.59. The molecule has 25 heavy (non-hydrogen) atoms. The van der Waals surface area contributed by atoms with Gasteiger partial charge in [0.1, 0.15) is 0 Å². The first-order chi connectivity index (χ1) is 12.1. The number of ether oxygens (including phenoxy) is 2. The SMILES string of the molecule is CCCC1(OC(C)=O)OCCc2c1[nH]c1c(-c3cccs3)cccc21. The average Bonchev–Trinajstić information content (AvgIpc) is 3.22. The monoisotopic (exact) mass is 355 g/mol. The van der Waals surface area contributed by atoms with Gasteiger partial charge in [-0.3, -0.25) is 4.79 Å². The number of fused-ring (bicyclic) bond motifs is 3. The maximum absolute atomic E-state index is 11.8. The number of hydrogen-bond acceptors (Lipinski definition) is 4. The molecule has 0 amide bonds. The Morgan fingerprint density at radius 2 is 2.24 bits per heavy atom. The summed E-state index contributed by atoms with van der Waals surface area (Å²) in [6.45, 7) is 4.06. The summed E-state index contributed by atoms with van der Waals surface area (Å²) in [6, 6.07) is 10.5. The first kappa shape index (κ1) is 16.4. The number of benzene rings is 1. The molecule has 0 saturated carbocycles. The molecule has 1 aromatic carbocycles. The van der Waals surface area contributed by atoms with Crippen LogP contribution in [0.15, 0.2) is 35.7 Å². The smallest absolute Gasteiger partial charge is 0.305 e. The number of carbonyl (C=O) groups is 1. The van der Waals surface area contributed by atoms with Gasteiger partial charge in [0.25, 0.3) is 5.79 Å². The Morgan fingerprint density at radius 3 is 2.96 bits per heavy atom. The van der Waals surface area contributed by atoms with Gasteiger partial charge < -0.3 is 14.5 Å². The van der Waals surface area contributed by atoms with Gasteiger partial charge in [-0.1, -0.05) is 31.2 Å². The van der Waals surface area contributed by atoms with Crippen molar-refractivity contribution in [1.29, 1.82) is 0 Å². The molecule has 0 aliphatic carbocycles. The summed E-state index contributed by atoms with van der Waals surface area (Å²) in [7, 11) is 0. The number of rotatable bonds is 4. The van der Waals surface area contributed by atoms with Crippen molar-refractivity contribution in [1.82, 2.24) is 4.98 Å². The second-order valence-corrected chi connectivity index (χ2v) is 7.33. The Bertz CT molecular complexity index is 913. The Hall–Kier alpha value is -2.11. The van der Waals surface area contributed by atoms with Crippen LogP contribution in [-0.2, 0) is 26.5 Å². The van der Waals surface area contributed by atoms with Crippen molar-refractivity contribution in [3.05, 3.63) is 47.0 Å². The molecule has 4 rings (SSSR count). The molecule has 0 radical (unpaired) electrons. The summed E-state index contributed by atoms with van der Waals surface area (Å²) >= 11 is 1.72. The van der Waals surface area contributed by atoms with E-state index in [1.165, 1.54) is 28.3 Å². The number of para-hydroxylation sites is 1. The second-order valence-electron chi connectivity index (χ2n) is 6.38. The van der Waals surface area contributed by atoms with E-state index in [0.717, 1.165) is 24.1 Å². The number of esters is 1. The minimum atomic E-state index is -1.00. The van der Waals surface area contributed by atoms with Gasteiger partial charge in [0, 0.05) is 29.2 Å². The van der Waals surface area contributed by atoms with Crippen LogP contribution in [0.2, 0.25) is 0 Å². The maximum atomic E-state index is 11.8. The number of aromatic amines is 1. The number of carbonyl (C=O) groups excluding carboxylic acids is 1. The van der Waals surface area contributed by atoms with E-state index in [4.69, 9.17) is 9.47 Å². The van der Waals surface area contributed by atoms with Crippen molar-refractivity contribution in [2.24, 2.45) is 0 Å². The number of aromatic nitrogens is 1. The van der Waals surface area contributed by atoms with Crippen molar-refractivity contribution < 1.29 is 14.3 Å². The molecule has 0 spiro atoms. The van der Waals surface area contributed by atoms with Gasteiger partial charge in [0.15, 0.2) is 0 Å². The lowest BCUT2D eigenvalue weighted by atomic mass is 9.96. The molecular formula is C20H21NO3S. The van der Waals surface area contributed by atoms with Gasteiger partial charge in [-0.2, -0.15) is 0 Å². The molecule has 1 aliphatic heterocycles.